The summed E-state index contributed by atoms with van der Waals surface area (Å²) >= 11 is 0. The van der Waals surface area contributed by atoms with E-state index in [1.54, 1.807) is 0 Å². The lowest BCUT2D eigenvalue weighted by molar-refractivity contribution is 0.445. The van der Waals surface area contributed by atoms with Crippen LogP contribution in [0.5, 0.6) is 0 Å². The lowest BCUT2D eigenvalue weighted by atomic mass is 9.80. The molecule has 0 bridgehead atoms. The zero-order valence-corrected chi connectivity index (χ0v) is 38.0. The molecule has 1 aromatic heterocycles. The van der Waals surface area contributed by atoms with Crippen LogP contribution in [0.3, 0.4) is 0 Å². The minimum absolute atomic E-state index is 0.568. The Balaban J connectivity index is 1.04. The van der Waals surface area contributed by atoms with Crippen molar-refractivity contribution in [2.24, 2.45) is 0 Å². The van der Waals surface area contributed by atoms with Gasteiger partial charge in [-0.3, -0.25) is 0 Å². The van der Waals surface area contributed by atoms with E-state index in [9.17, 15) is 0 Å². The van der Waals surface area contributed by atoms with Crippen LogP contribution in [-0.2, 0) is 0 Å². The Morgan fingerprint density at radius 2 is 0.941 bits per heavy atom. The Morgan fingerprint density at radius 1 is 0.353 bits per heavy atom. The van der Waals surface area contributed by atoms with Gasteiger partial charge in [0.05, 0.1) is 16.7 Å². The molecule has 1 aliphatic carbocycles. The van der Waals surface area contributed by atoms with Crippen LogP contribution < -0.4 is 4.90 Å². The van der Waals surface area contributed by atoms with Crippen LogP contribution in [0.4, 0.5) is 17.1 Å². The van der Waals surface area contributed by atoms with Gasteiger partial charge in [0.2, 0.25) is 0 Å². The molecule has 0 aliphatic heterocycles. The number of para-hydroxylation sites is 3. The summed E-state index contributed by atoms with van der Waals surface area (Å²) in [7, 11) is 0. The third-order valence-corrected chi connectivity index (χ3v) is 14.7. The highest BCUT2D eigenvalue weighted by atomic mass is 15.1. The summed E-state index contributed by atoms with van der Waals surface area (Å²) in [6.07, 6.45) is 6.44. The summed E-state index contributed by atoms with van der Waals surface area (Å²) in [5, 5.41) is 10.3. The van der Waals surface area contributed by atoms with Crippen LogP contribution in [0.2, 0.25) is 0 Å². The van der Waals surface area contributed by atoms with Gasteiger partial charge in [0.1, 0.15) is 0 Å². The lowest BCUT2D eigenvalue weighted by Crippen LogP contribution is -2.12. The van der Waals surface area contributed by atoms with E-state index in [1.807, 2.05) is 0 Å². The molecule has 0 saturated heterocycles. The van der Waals surface area contributed by atoms with Gasteiger partial charge in [0.15, 0.2) is 0 Å². The Hall–Kier alpha value is -8.20. The number of benzene rings is 11. The molecular formula is C66H50N2. The van der Waals surface area contributed by atoms with E-state index in [2.05, 4.69) is 246 Å². The molecule has 68 heavy (non-hydrogen) atoms. The number of hydrogen-bond acceptors (Lipinski definition) is 1. The topological polar surface area (TPSA) is 8.17 Å². The fourth-order valence-corrected chi connectivity index (χ4v) is 11.7. The summed E-state index contributed by atoms with van der Waals surface area (Å²) < 4.78 is 2.41. The molecule has 13 rings (SSSR count). The van der Waals surface area contributed by atoms with E-state index >= 15 is 0 Å². The second-order valence-electron chi connectivity index (χ2n) is 18.6. The molecule has 1 saturated carbocycles. The zero-order valence-electron chi connectivity index (χ0n) is 38.0. The van der Waals surface area contributed by atoms with Crippen LogP contribution in [0, 0.1) is 0 Å². The zero-order chi connectivity index (χ0) is 45.0. The fourth-order valence-electron chi connectivity index (χ4n) is 11.7. The highest BCUT2D eigenvalue weighted by Crippen LogP contribution is 2.48. The molecule has 324 valence electrons. The van der Waals surface area contributed by atoms with Crippen molar-refractivity contribution in [2.75, 3.05) is 4.90 Å². The monoisotopic (exact) mass is 870 g/mol. The Bertz CT molecular complexity index is 3850. The van der Waals surface area contributed by atoms with Crippen molar-refractivity contribution in [3.8, 4) is 39.1 Å². The summed E-state index contributed by atoms with van der Waals surface area (Å²) in [6, 6.07) is 87.9. The summed E-state index contributed by atoms with van der Waals surface area (Å²) in [6.45, 7) is 0. The van der Waals surface area contributed by atoms with Gasteiger partial charge in [-0.25, -0.2) is 0 Å². The Labute approximate surface area is 398 Å². The van der Waals surface area contributed by atoms with Crippen molar-refractivity contribution in [3.05, 3.63) is 242 Å². The molecule has 0 radical (unpaired) electrons. The van der Waals surface area contributed by atoms with Crippen molar-refractivity contribution in [1.82, 2.24) is 4.57 Å². The van der Waals surface area contributed by atoms with E-state index in [0.29, 0.717) is 5.92 Å². The van der Waals surface area contributed by atoms with Gasteiger partial charge in [0.25, 0.3) is 0 Å². The van der Waals surface area contributed by atoms with Crippen molar-refractivity contribution in [3.63, 3.8) is 0 Å². The van der Waals surface area contributed by atoms with E-state index < -0.39 is 0 Å². The fraction of sp³-hybridized carbons (Fsp3) is 0.0909. The van der Waals surface area contributed by atoms with E-state index in [4.69, 9.17) is 0 Å². The lowest BCUT2D eigenvalue weighted by Gasteiger charge is -2.30. The molecule has 11 aromatic carbocycles. The second-order valence-corrected chi connectivity index (χ2v) is 18.6. The summed E-state index contributed by atoms with van der Waals surface area (Å²) in [4.78, 5) is 2.51. The number of anilines is 3. The first-order chi connectivity index (χ1) is 33.8. The largest absolute Gasteiger partial charge is 0.310 e. The Morgan fingerprint density at radius 3 is 1.78 bits per heavy atom. The molecule has 2 heteroatoms. The minimum atomic E-state index is 0.568. The molecule has 0 amide bonds. The molecule has 0 unspecified atom stereocenters. The molecule has 1 aliphatic rings. The van der Waals surface area contributed by atoms with Crippen molar-refractivity contribution in [2.45, 2.75) is 38.0 Å². The number of fused-ring (bicyclic) bond motifs is 7. The molecule has 0 N–H and O–H groups in total. The van der Waals surface area contributed by atoms with Gasteiger partial charge in [0, 0.05) is 33.4 Å². The molecule has 1 heterocycles. The van der Waals surface area contributed by atoms with Gasteiger partial charge in [-0.15, -0.1) is 0 Å². The molecule has 1 fully saturated rings. The predicted octanol–water partition coefficient (Wildman–Crippen LogP) is 18.8. The van der Waals surface area contributed by atoms with E-state index in [-0.39, 0.29) is 0 Å². The van der Waals surface area contributed by atoms with Gasteiger partial charge >= 0.3 is 0 Å². The summed E-state index contributed by atoms with van der Waals surface area (Å²) in [5.41, 5.74) is 15.7. The molecular weight excluding hydrogens is 821 g/mol. The number of hydrogen-bond donors (Lipinski definition) is 0. The average molecular weight is 871 g/mol. The highest BCUT2D eigenvalue weighted by Gasteiger charge is 2.24. The molecule has 2 nitrogen and oxygen atoms in total. The van der Waals surface area contributed by atoms with Gasteiger partial charge in [-0.05, 0) is 139 Å². The normalized spacial score (nSPS) is 13.2. The number of aromatic nitrogens is 1. The van der Waals surface area contributed by atoms with E-state index in [1.165, 1.54) is 125 Å². The third-order valence-electron chi connectivity index (χ3n) is 14.7. The minimum Gasteiger partial charge on any atom is -0.310 e. The average Bonchev–Trinajstić information content (AvgIpc) is 3.76. The molecule has 12 aromatic rings. The SMILES string of the molecule is c1ccc(-n2c3ccccc3c3c(-c4cccc(N(c5cccc(-c6cccc7c6ccc6ccccc67)c5)c5ccccc5-c5cccc6cccc(C7CCCCC7)c56)c4)cccc32)cc1. The predicted molar refractivity (Wildman–Crippen MR) is 290 cm³/mol. The van der Waals surface area contributed by atoms with Crippen LogP contribution in [0.1, 0.15) is 43.6 Å². The Kier molecular flexibility index (Phi) is 9.97. The van der Waals surface area contributed by atoms with E-state index in [0.717, 1.165) is 22.7 Å². The third kappa shape index (κ3) is 6.78. The van der Waals surface area contributed by atoms with Crippen LogP contribution in [0.25, 0.3) is 93.2 Å². The maximum atomic E-state index is 2.51. The summed E-state index contributed by atoms with van der Waals surface area (Å²) in [5.74, 6) is 0.568. The van der Waals surface area contributed by atoms with Crippen LogP contribution in [-0.4, -0.2) is 4.57 Å². The maximum absolute atomic E-state index is 2.51. The van der Waals surface area contributed by atoms with Crippen LogP contribution >= 0.6 is 0 Å². The number of rotatable bonds is 8. The maximum Gasteiger partial charge on any atom is 0.0547 e. The van der Waals surface area contributed by atoms with Crippen molar-refractivity contribution >= 4 is 71.2 Å². The smallest absolute Gasteiger partial charge is 0.0547 e. The second kappa shape index (κ2) is 16.9. The number of nitrogens with zero attached hydrogens (tertiary/aromatic N) is 2. The molecule has 0 spiro atoms. The standard InChI is InChI=1S/C66H50N2/c1-3-19-45(20-4-1)55-34-15-22-47-23-16-37-60(65(47)55)59-31-9-11-38-62(59)67(51-28-13-24-48(43-51)54-33-17-36-57-53-30-8-7-21-46(53)41-42-58(54)57)52-29-14-25-49(44-52)56-35-18-40-64-66(56)61-32-10-12-39-63(61)68(64)50-26-5-2-6-27-50/h2,5-18,21-45H,1,3-4,19-20H2. The first kappa shape index (κ1) is 40.1. The van der Waals surface area contributed by atoms with Crippen molar-refractivity contribution in [1.29, 1.82) is 0 Å². The first-order valence-electron chi connectivity index (χ1n) is 24.4. The quantitative estimate of drug-likeness (QED) is 0.138. The van der Waals surface area contributed by atoms with Gasteiger partial charge < -0.3 is 9.47 Å². The first-order valence-corrected chi connectivity index (χ1v) is 24.4. The molecule has 0 atom stereocenters. The van der Waals surface area contributed by atoms with Crippen LogP contribution in [0.15, 0.2) is 237 Å². The van der Waals surface area contributed by atoms with Gasteiger partial charge in [-0.1, -0.05) is 201 Å². The van der Waals surface area contributed by atoms with Gasteiger partial charge in [-0.2, -0.15) is 0 Å². The highest BCUT2D eigenvalue weighted by molar-refractivity contribution is 6.16. The van der Waals surface area contributed by atoms with Crippen molar-refractivity contribution < 1.29 is 0 Å².